The van der Waals surface area contributed by atoms with Crippen molar-refractivity contribution in [1.29, 1.82) is 0 Å². The summed E-state index contributed by atoms with van der Waals surface area (Å²) in [7, 11) is 1.34. The maximum Gasteiger partial charge on any atom is 0.358 e. The molecule has 0 saturated carbocycles. The summed E-state index contributed by atoms with van der Waals surface area (Å²) < 4.78 is 6.51. The minimum atomic E-state index is -0.468. The molecule has 0 aliphatic heterocycles. The Morgan fingerprint density at radius 1 is 1.12 bits per heavy atom. The number of esters is 1. The Morgan fingerprint density at radius 3 is 2.38 bits per heavy atom. The van der Waals surface area contributed by atoms with Gasteiger partial charge in [-0.05, 0) is 48.7 Å². The Balaban J connectivity index is 2.13. The SMILES string of the molecule is COC(=O)c1cc(-c2ccc(SC)cc2)n(-c2ccc(Cl)cc2)n1. The van der Waals surface area contributed by atoms with Gasteiger partial charge in [0.15, 0.2) is 5.69 Å². The Kier molecular flexibility index (Phi) is 4.92. The summed E-state index contributed by atoms with van der Waals surface area (Å²) in [6.45, 7) is 0. The number of rotatable bonds is 4. The van der Waals surface area contributed by atoms with E-state index in [1.807, 2.05) is 42.7 Å². The van der Waals surface area contributed by atoms with E-state index in [0.717, 1.165) is 16.9 Å². The molecule has 3 rings (SSSR count). The molecule has 0 spiro atoms. The van der Waals surface area contributed by atoms with Gasteiger partial charge in [-0.2, -0.15) is 5.10 Å². The molecule has 0 radical (unpaired) electrons. The lowest BCUT2D eigenvalue weighted by atomic mass is 10.1. The Labute approximate surface area is 149 Å². The molecule has 0 fully saturated rings. The zero-order valence-corrected chi connectivity index (χ0v) is 14.8. The van der Waals surface area contributed by atoms with Gasteiger partial charge in [-0.15, -0.1) is 11.8 Å². The third kappa shape index (κ3) is 3.32. The molecule has 2 aromatic carbocycles. The summed E-state index contributed by atoms with van der Waals surface area (Å²) >= 11 is 7.64. The molecule has 1 heterocycles. The fourth-order valence-corrected chi connectivity index (χ4v) is 2.87. The number of carbonyl (C=O) groups is 1. The molecule has 4 nitrogen and oxygen atoms in total. The van der Waals surface area contributed by atoms with E-state index in [2.05, 4.69) is 5.10 Å². The molecule has 0 amide bonds. The molecule has 0 N–H and O–H groups in total. The molecule has 0 saturated heterocycles. The minimum absolute atomic E-state index is 0.261. The lowest BCUT2D eigenvalue weighted by molar-refractivity contribution is 0.0593. The molecular weight excluding hydrogens is 344 g/mol. The number of benzene rings is 2. The maximum absolute atomic E-state index is 11.9. The van der Waals surface area contributed by atoms with Crippen molar-refractivity contribution in [2.24, 2.45) is 0 Å². The molecule has 0 aliphatic carbocycles. The summed E-state index contributed by atoms with van der Waals surface area (Å²) in [5, 5.41) is 5.04. The third-order valence-corrected chi connectivity index (χ3v) is 4.56. The first kappa shape index (κ1) is 16.6. The average Bonchev–Trinajstić information content (AvgIpc) is 3.07. The van der Waals surface area contributed by atoms with Gasteiger partial charge in [-0.1, -0.05) is 23.7 Å². The number of ether oxygens (including phenoxy) is 1. The number of thioether (sulfide) groups is 1. The lowest BCUT2D eigenvalue weighted by Gasteiger charge is -2.08. The molecule has 3 aromatic rings. The van der Waals surface area contributed by atoms with Gasteiger partial charge in [0.1, 0.15) is 0 Å². The van der Waals surface area contributed by atoms with Crippen LogP contribution in [0.4, 0.5) is 0 Å². The van der Waals surface area contributed by atoms with Gasteiger partial charge in [-0.25, -0.2) is 9.48 Å². The average molecular weight is 359 g/mol. The third-order valence-electron chi connectivity index (χ3n) is 3.56. The predicted molar refractivity (Wildman–Crippen MR) is 97.1 cm³/mol. The molecule has 0 unspecified atom stereocenters. The van der Waals surface area contributed by atoms with Crippen molar-refractivity contribution >= 4 is 29.3 Å². The van der Waals surface area contributed by atoms with Crippen molar-refractivity contribution in [3.63, 3.8) is 0 Å². The molecule has 0 atom stereocenters. The maximum atomic E-state index is 11.9. The van der Waals surface area contributed by atoms with Crippen LogP contribution in [0.15, 0.2) is 59.5 Å². The number of methoxy groups -OCH3 is 1. The molecule has 0 bridgehead atoms. The number of nitrogens with zero attached hydrogens (tertiary/aromatic N) is 2. The standard InChI is InChI=1S/C18H15ClN2O2S/c1-23-18(22)16-11-17(12-3-9-15(24-2)10-4-12)21(20-16)14-7-5-13(19)6-8-14/h3-11H,1-2H3. The second-order valence-corrected chi connectivity index (χ2v) is 6.34. The highest BCUT2D eigenvalue weighted by Crippen LogP contribution is 2.27. The van der Waals surface area contributed by atoms with Crippen LogP contribution in [0.1, 0.15) is 10.5 Å². The van der Waals surface area contributed by atoms with E-state index in [4.69, 9.17) is 16.3 Å². The van der Waals surface area contributed by atoms with E-state index < -0.39 is 5.97 Å². The Bertz CT molecular complexity index is 858. The van der Waals surface area contributed by atoms with Crippen molar-refractivity contribution in [2.45, 2.75) is 4.90 Å². The van der Waals surface area contributed by atoms with Crippen LogP contribution in [0.25, 0.3) is 16.9 Å². The molecule has 1 aromatic heterocycles. The summed E-state index contributed by atoms with van der Waals surface area (Å²) in [4.78, 5) is 13.0. The van der Waals surface area contributed by atoms with Crippen LogP contribution in [0.2, 0.25) is 5.02 Å². The molecule has 0 aliphatic rings. The van der Waals surface area contributed by atoms with Gasteiger partial charge in [0.05, 0.1) is 18.5 Å². The number of carbonyl (C=O) groups excluding carboxylic acids is 1. The van der Waals surface area contributed by atoms with Crippen LogP contribution in [0, 0.1) is 0 Å². The second kappa shape index (κ2) is 7.11. The first-order valence-electron chi connectivity index (χ1n) is 7.21. The second-order valence-electron chi connectivity index (χ2n) is 5.02. The van der Waals surface area contributed by atoms with E-state index in [1.165, 1.54) is 12.0 Å². The van der Waals surface area contributed by atoms with Crippen LogP contribution in [0.5, 0.6) is 0 Å². The number of hydrogen-bond donors (Lipinski definition) is 0. The fourth-order valence-electron chi connectivity index (χ4n) is 2.33. The summed E-state index contributed by atoms with van der Waals surface area (Å²) in [6.07, 6.45) is 2.03. The summed E-state index contributed by atoms with van der Waals surface area (Å²) in [5.74, 6) is -0.468. The van der Waals surface area contributed by atoms with Crippen LogP contribution in [-0.2, 0) is 4.74 Å². The minimum Gasteiger partial charge on any atom is -0.464 e. The summed E-state index contributed by atoms with van der Waals surface area (Å²) in [6, 6.07) is 17.1. The largest absolute Gasteiger partial charge is 0.464 e. The smallest absolute Gasteiger partial charge is 0.358 e. The van der Waals surface area contributed by atoms with Gasteiger partial charge in [0.25, 0.3) is 0 Å². The monoisotopic (exact) mass is 358 g/mol. The summed E-state index contributed by atoms with van der Waals surface area (Å²) in [5.41, 5.74) is 2.85. The van der Waals surface area contributed by atoms with Gasteiger partial charge in [0.2, 0.25) is 0 Å². The molecule has 6 heteroatoms. The number of hydrogen-bond acceptors (Lipinski definition) is 4. The normalized spacial score (nSPS) is 10.6. The van der Waals surface area contributed by atoms with E-state index in [0.29, 0.717) is 5.02 Å². The van der Waals surface area contributed by atoms with E-state index in [1.54, 1.807) is 34.6 Å². The van der Waals surface area contributed by atoms with Gasteiger partial charge < -0.3 is 4.74 Å². The lowest BCUT2D eigenvalue weighted by Crippen LogP contribution is -2.04. The Morgan fingerprint density at radius 2 is 1.79 bits per heavy atom. The van der Waals surface area contributed by atoms with E-state index in [-0.39, 0.29) is 5.69 Å². The first-order valence-corrected chi connectivity index (χ1v) is 8.81. The molecular formula is C18H15ClN2O2S. The number of halogens is 1. The predicted octanol–water partition coefficient (Wildman–Crippen LogP) is 4.70. The number of aromatic nitrogens is 2. The van der Waals surface area contributed by atoms with Gasteiger partial charge in [0, 0.05) is 15.5 Å². The van der Waals surface area contributed by atoms with Crippen molar-refractivity contribution in [3.8, 4) is 16.9 Å². The highest BCUT2D eigenvalue weighted by atomic mass is 35.5. The zero-order valence-electron chi connectivity index (χ0n) is 13.2. The van der Waals surface area contributed by atoms with Crippen molar-refractivity contribution in [1.82, 2.24) is 9.78 Å². The van der Waals surface area contributed by atoms with Gasteiger partial charge >= 0.3 is 5.97 Å². The Hall–Kier alpha value is -2.24. The van der Waals surface area contributed by atoms with Crippen LogP contribution < -0.4 is 0 Å². The van der Waals surface area contributed by atoms with E-state index >= 15 is 0 Å². The highest BCUT2D eigenvalue weighted by Gasteiger charge is 2.17. The first-order chi connectivity index (χ1) is 11.6. The molecule has 24 heavy (non-hydrogen) atoms. The van der Waals surface area contributed by atoms with Crippen molar-refractivity contribution in [2.75, 3.05) is 13.4 Å². The van der Waals surface area contributed by atoms with Crippen LogP contribution >= 0.6 is 23.4 Å². The van der Waals surface area contributed by atoms with Crippen molar-refractivity contribution in [3.05, 3.63) is 65.3 Å². The fraction of sp³-hybridized carbons (Fsp3) is 0.111. The van der Waals surface area contributed by atoms with Crippen LogP contribution in [-0.4, -0.2) is 29.1 Å². The highest BCUT2D eigenvalue weighted by molar-refractivity contribution is 7.98. The quantitative estimate of drug-likeness (QED) is 0.501. The topological polar surface area (TPSA) is 44.1 Å². The zero-order chi connectivity index (χ0) is 17.1. The van der Waals surface area contributed by atoms with Gasteiger partial charge in [-0.3, -0.25) is 0 Å². The van der Waals surface area contributed by atoms with Crippen molar-refractivity contribution < 1.29 is 9.53 Å². The van der Waals surface area contributed by atoms with E-state index in [9.17, 15) is 4.79 Å². The van der Waals surface area contributed by atoms with Crippen LogP contribution in [0.3, 0.4) is 0 Å². The molecule has 122 valence electrons.